The number of methoxy groups -OCH3 is 1. The van der Waals surface area contributed by atoms with Gasteiger partial charge in [0.25, 0.3) is 5.91 Å². The van der Waals surface area contributed by atoms with Crippen LogP contribution in [0.25, 0.3) is 0 Å². The van der Waals surface area contributed by atoms with E-state index in [1.165, 1.54) is 5.69 Å². The summed E-state index contributed by atoms with van der Waals surface area (Å²) < 4.78 is 10.6. The number of morpholine rings is 1. The zero-order chi connectivity index (χ0) is 18.9. The highest BCUT2D eigenvalue weighted by Crippen LogP contribution is 2.22. The smallest absolute Gasteiger partial charge is 0.259 e. The molecule has 1 fully saturated rings. The van der Waals surface area contributed by atoms with Gasteiger partial charge in [0.05, 0.1) is 38.8 Å². The number of amides is 1. The summed E-state index contributed by atoms with van der Waals surface area (Å²) in [5.74, 6) is 0.455. The number of hydrogen-bond donors (Lipinski definition) is 2. The van der Waals surface area contributed by atoms with Gasteiger partial charge in [0, 0.05) is 18.8 Å². The second-order valence-corrected chi connectivity index (χ2v) is 6.04. The van der Waals surface area contributed by atoms with Gasteiger partial charge >= 0.3 is 0 Å². The Kier molecular flexibility index (Phi) is 6.65. The lowest BCUT2D eigenvalue weighted by Crippen LogP contribution is -2.36. The lowest BCUT2D eigenvalue weighted by atomic mass is 10.2. The summed E-state index contributed by atoms with van der Waals surface area (Å²) in [7, 11) is 1.59. The van der Waals surface area contributed by atoms with Crippen LogP contribution in [0.4, 0.5) is 11.4 Å². The molecule has 0 unspecified atom stereocenters. The van der Waals surface area contributed by atoms with Crippen molar-refractivity contribution in [2.45, 2.75) is 0 Å². The molecule has 2 aromatic carbocycles. The Hall–Kier alpha value is -3.06. The number of anilines is 2. The molecule has 1 aliphatic rings. The number of benzene rings is 2. The molecule has 7 nitrogen and oxygen atoms in total. The minimum absolute atomic E-state index is 0.105. The molecule has 1 amide bonds. The molecular formula is C20H24N4O3. The topological polar surface area (TPSA) is 75.2 Å². The summed E-state index contributed by atoms with van der Waals surface area (Å²) in [5, 5.41) is 7.04. The van der Waals surface area contributed by atoms with Crippen LogP contribution in [-0.2, 0) is 9.53 Å². The Bertz CT molecular complexity index is 771. The molecule has 3 rings (SSSR count). The quantitative estimate of drug-likeness (QED) is 0.578. The summed E-state index contributed by atoms with van der Waals surface area (Å²) in [4.78, 5) is 14.2. The molecule has 142 valence electrons. The highest BCUT2D eigenvalue weighted by Gasteiger charge is 2.10. The fourth-order valence-corrected chi connectivity index (χ4v) is 2.78. The number of carbonyl (C=O) groups is 1. The van der Waals surface area contributed by atoms with E-state index in [1.54, 1.807) is 13.3 Å². The molecule has 1 saturated heterocycles. The second-order valence-electron chi connectivity index (χ2n) is 6.04. The van der Waals surface area contributed by atoms with Crippen LogP contribution in [0.2, 0.25) is 0 Å². The molecule has 0 saturated carbocycles. The average molecular weight is 368 g/mol. The van der Waals surface area contributed by atoms with E-state index < -0.39 is 0 Å². The maximum atomic E-state index is 11.9. The van der Waals surface area contributed by atoms with E-state index >= 15 is 0 Å². The molecule has 0 radical (unpaired) electrons. The van der Waals surface area contributed by atoms with Crippen molar-refractivity contribution < 1.29 is 14.3 Å². The van der Waals surface area contributed by atoms with E-state index in [-0.39, 0.29) is 12.5 Å². The Balaban J connectivity index is 1.46. The zero-order valence-electron chi connectivity index (χ0n) is 15.4. The third-order valence-electron chi connectivity index (χ3n) is 4.22. The molecule has 7 heteroatoms. The average Bonchev–Trinajstić information content (AvgIpc) is 2.73. The molecule has 0 aromatic heterocycles. The summed E-state index contributed by atoms with van der Waals surface area (Å²) >= 11 is 0. The zero-order valence-corrected chi connectivity index (χ0v) is 15.4. The van der Waals surface area contributed by atoms with E-state index in [0.717, 1.165) is 37.6 Å². The van der Waals surface area contributed by atoms with Crippen LogP contribution in [0.1, 0.15) is 5.56 Å². The molecule has 1 aliphatic heterocycles. The Labute approximate surface area is 159 Å². The van der Waals surface area contributed by atoms with Crippen LogP contribution in [0.3, 0.4) is 0 Å². The maximum Gasteiger partial charge on any atom is 0.259 e. The van der Waals surface area contributed by atoms with Gasteiger partial charge in [-0.2, -0.15) is 5.10 Å². The molecule has 0 bridgehead atoms. The number of nitrogens with one attached hydrogen (secondary N) is 2. The number of hydrogen-bond acceptors (Lipinski definition) is 6. The van der Waals surface area contributed by atoms with Crippen molar-refractivity contribution in [1.29, 1.82) is 0 Å². The van der Waals surface area contributed by atoms with Crippen LogP contribution >= 0.6 is 0 Å². The Morgan fingerprint density at radius 2 is 1.93 bits per heavy atom. The van der Waals surface area contributed by atoms with Crippen LogP contribution in [0.5, 0.6) is 5.75 Å². The number of para-hydroxylation sites is 2. The first kappa shape index (κ1) is 18.7. The molecule has 0 spiro atoms. The third kappa shape index (κ3) is 5.46. The van der Waals surface area contributed by atoms with Crippen molar-refractivity contribution >= 4 is 23.5 Å². The van der Waals surface area contributed by atoms with Crippen molar-refractivity contribution in [2.24, 2.45) is 5.10 Å². The molecule has 1 heterocycles. The van der Waals surface area contributed by atoms with Crippen molar-refractivity contribution in [3.63, 3.8) is 0 Å². The first-order chi connectivity index (χ1) is 13.3. The van der Waals surface area contributed by atoms with Crippen LogP contribution < -0.4 is 20.4 Å². The fourth-order valence-electron chi connectivity index (χ4n) is 2.78. The van der Waals surface area contributed by atoms with E-state index in [1.807, 2.05) is 36.4 Å². The predicted octanol–water partition coefficient (Wildman–Crippen LogP) is 2.09. The van der Waals surface area contributed by atoms with E-state index in [0.29, 0.717) is 5.75 Å². The molecule has 2 aromatic rings. The second kappa shape index (κ2) is 9.59. The SMILES string of the molecule is COc1ccccc1NCC(=O)N/N=C\c1ccc(N2CCOCC2)cc1. The van der Waals surface area contributed by atoms with Gasteiger partial charge in [-0.25, -0.2) is 5.43 Å². The van der Waals surface area contributed by atoms with Gasteiger partial charge in [0.2, 0.25) is 0 Å². The summed E-state index contributed by atoms with van der Waals surface area (Å²) in [6.07, 6.45) is 1.63. The number of ether oxygens (including phenoxy) is 2. The minimum atomic E-state index is -0.234. The standard InChI is InChI=1S/C20H24N4O3/c1-26-19-5-3-2-4-18(19)21-15-20(25)23-22-14-16-6-8-17(9-7-16)24-10-12-27-13-11-24/h2-9,14,21H,10-13,15H2,1H3,(H,23,25)/b22-14-. The Morgan fingerprint density at radius 3 is 2.67 bits per heavy atom. The van der Waals surface area contributed by atoms with Gasteiger partial charge < -0.3 is 19.7 Å². The summed E-state index contributed by atoms with van der Waals surface area (Å²) in [5.41, 5.74) is 5.37. The van der Waals surface area contributed by atoms with E-state index in [9.17, 15) is 4.79 Å². The van der Waals surface area contributed by atoms with Gasteiger partial charge in [0.1, 0.15) is 5.75 Å². The highest BCUT2D eigenvalue weighted by molar-refractivity contribution is 5.84. The predicted molar refractivity (Wildman–Crippen MR) is 107 cm³/mol. The summed E-state index contributed by atoms with van der Waals surface area (Å²) in [6, 6.07) is 15.5. The van der Waals surface area contributed by atoms with Gasteiger partial charge in [-0.15, -0.1) is 0 Å². The van der Waals surface area contributed by atoms with E-state index in [2.05, 4.69) is 32.9 Å². The molecular weight excluding hydrogens is 344 g/mol. The number of carbonyl (C=O) groups excluding carboxylic acids is 1. The minimum Gasteiger partial charge on any atom is -0.495 e. The third-order valence-corrected chi connectivity index (χ3v) is 4.22. The lowest BCUT2D eigenvalue weighted by Gasteiger charge is -2.28. The first-order valence-corrected chi connectivity index (χ1v) is 8.88. The van der Waals surface area contributed by atoms with Gasteiger partial charge in [0.15, 0.2) is 0 Å². The largest absolute Gasteiger partial charge is 0.495 e. The van der Waals surface area contributed by atoms with Crippen LogP contribution in [0.15, 0.2) is 53.6 Å². The maximum absolute atomic E-state index is 11.9. The van der Waals surface area contributed by atoms with E-state index in [4.69, 9.17) is 9.47 Å². The van der Waals surface area contributed by atoms with Gasteiger partial charge in [-0.1, -0.05) is 24.3 Å². The lowest BCUT2D eigenvalue weighted by molar-refractivity contribution is -0.119. The van der Waals surface area contributed by atoms with Crippen molar-refractivity contribution in [3.8, 4) is 5.75 Å². The normalized spacial score (nSPS) is 14.2. The Morgan fingerprint density at radius 1 is 1.19 bits per heavy atom. The summed E-state index contributed by atoms with van der Waals surface area (Å²) in [6.45, 7) is 3.44. The van der Waals surface area contributed by atoms with Gasteiger partial charge in [-0.05, 0) is 29.8 Å². The molecule has 27 heavy (non-hydrogen) atoms. The number of rotatable bonds is 7. The molecule has 0 atom stereocenters. The first-order valence-electron chi connectivity index (χ1n) is 8.88. The molecule has 2 N–H and O–H groups in total. The fraction of sp³-hybridized carbons (Fsp3) is 0.300. The van der Waals surface area contributed by atoms with Crippen LogP contribution in [0, 0.1) is 0 Å². The monoisotopic (exact) mass is 368 g/mol. The van der Waals surface area contributed by atoms with Crippen molar-refractivity contribution in [1.82, 2.24) is 5.43 Å². The highest BCUT2D eigenvalue weighted by atomic mass is 16.5. The van der Waals surface area contributed by atoms with Crippen molar-refractivity contribution in [2.75, 3.05) is 50.2 Å². The van der Waals surface area contributed by atoms with Gasteiger partial charge in [-0.3, -0.25) is 4.79 Å². The van der Waals surface area contributed by atoms with Crippen molar-refractivity contribution in [3.05, 3.63) is 54.1 Å². The number of hydrazone groups is 1. The number of nitrogens with zero attached hydrogens (tertiary/aromatic N) is 2. The van der Waals surface area contributed by atoms with Crippen LogP contribution in [-0.4, -0.2) is 52.1 Å². The molecule has 0 aliphatic carbocycles.